The van der Waals surface area contributed by atoms with Gasteiger partial charge in [0.25, 0.3) is 0 Å². The zero-order valence-electron chi connectivity index (χ0n) is 11.1. The number of aryl methyl sites for hydroxylation is 1. The molecule has 2 rings (SSSR count). The van der Waals surface area contributed by atoms with Crippen LogP contribution in [0.3, 0.4) is 0 Å². The number of benzene rings is 1. The molecule has 100 valence electrons. The van der Waals surface area contributed by atoms with E-state index < -0.39 is 0 Å². The maximum atomic E-state index is 13.7. The summed E-state index contributed by atoms with van der Waals surface area (Å²) < 4.78 is 13.7. The van der Waals surface area contributed by atoms with Crippen molar-refractivity contribution < 1.29 is 4.39 Å². The Morgan fingerprint density at radius 2 is 2.11 bits per heavy atom. The molecule has 2 aromatic rings. The highest BCUT2D eigenvalue weighted by Gasteiger charge is 2.06. The Morgan fingerprint density at radius 3 is 2.84 bits per heavy atom. The van der Waals surface area contributed by atoms with Gasteiger partial charge >= 0.3 is 0 Å². The van der Waals surface area contributed by atoms with Gasteiger partial charge in [0.15, 0.2) is 0 Å². The second kappa shape index (κ2) is 6.13. The van der Waals surface area contributed by atoms with Crippen LogP contribution in [-0.2, 0) is 0 Å². The van der Waals surface area contributed by atoms with Crippen LogP contribution in [0.2, 0.25) is 0 Å². The molecule has 0 aliphatic rings. The molecule has 0 saturated heterocycles. The van der Waals surface area contributed by atoms with Crippen molar-refractivity contribution in [2.45, 2.75) is 20.3 Å². The van der Waals surface area contributed by atoms with Crippen LogP contribution in [-0.4, -0.2) is 16.5 Å². The maximum Gasteiger partial charge on any atom is 0.224 e. The van der Waals surface area contributed by atoms with Gasteiger partial charge in [0, 0.05) is 12.7 Å². The Balaban J connectivity index is 2.19. The number of hydrogen-bond donors (Lipinski definition) is 2. The minimum atomic E-state index is -0.290. The van der Waals surface area contributed by atoms with Crippen LogP contribution in [0.1, 0.15) is 18.9 Å². The smallest absolute Gasteiger partial charge is 0.224 e. The van der Waals surface area contributed by atoms with E-state index in [0.717, 1.165) is 18.5 Å². The van der Waals surface area contributed by atoms with Crippen LogP contribution >= 0.6 is 0 Å². The van der Waals surface area contributed by atoms with E-state index in [1.54, 1.807) is 18.3 Å². The molecule has 1 aromatic heterocycles. The molecule has 0 radical (unpaired) electrons. The first-order valence-corrected chi connectivity index (χ1v) is 6.29. The van der Waals surface area contributed by atoms with Crippen molar-refractivity contribution in [2.24, 2.45) is 0 Å². The lowest BCUT2D eigenvalue weighted by Gasteiger charge is -2.10. The third-order valence-electron chi connectivity index (χ3n) is 2.66. The second-order valence-corrected chi connectivity index (χ2v) is 4.25. The topological polar surface area (TPSA) is 49.8 Å². The third kappa shape index (κ3) is 3.40. The van der Waals surface area contributed by atoms with E-state index in [-0.39, 0.29) is 5.82 Å². The molecule has 2 N–H and O–H groups in total. The molecule has 0 unspecified atom stereocenters. The maximum absolute atomic E-state index is 13.7. The summed E-state index contributed by atoms with van der Waals surface area (Å²) in [6.45, 7) is 4.73. The van der Waals surface area contributed by atoms with Gasteiger partial charge in [-0.25, -0.2) is 9.37 Å². The highest BCUT2D eigenvalue weighted by molar-refractivity contribution is 5.61. The number of para-hydroxylation sites is 1. The molecule has 4 nitrogen and oxygen atoms in total. The summed E-state index contributed by atoms with van der Waals surface area (Å²) in [6, 6.07) is 6.67. The summed E-state index contributed by atoms with van der Waals surface area (Å²) in [5, 5.41) is 6.08. The third-order valence-corrected chi connectivity index (χ3v) is 2.66. The highest BCUT2D eigenvalue weighted by Crippen LogP contribution is 2.22. The zero-order chi connectivity index (χ0) is 13.7. The number of halogens is 1. The van der Waals surface area contributed by atoms with Gasteiger partial charge in [0.1, 0.15) is 11.6 Å². The van der Waals surface area contributed by atoms with Crippen molar-refractivity contribution in [1.82, 2.24) is 9.97 Å². The lowest BCUT2D eigenvalue weighted by atomic mass is 10.2. The minimum absolute atomic E-state index is 0.290. The number of nitrogens with zero attached hydrogens (tertiary/aromatic N) is 2. The van der Waals surface area contributed by atoms with Gasteiger partial charge in [-0.2, -0.15) is 4.98 Å². The Morgan fingerprint density at radius 1 is 1.26 bits per heavy atom. The second-order valence-electron chi connectivity index (χ2n) is 4.25. The molecule has 1 heterocycles. The lowest BCUT2D eigenvalue weighted by molar-refractivity contribution is 0.631. The molecule has 0 bridgehead atoms. The average molecular weight is 260 g/mol. The highest BCUT2D eigenvalue weighted by atomic mass is 19.1. The Hall–Kier alpha value is -2.17. The number of hydrogen-bond acceptors (Lipinski definition) is 4. The summed E-state index contributed by atoms with van der Waals surface area (Å²) in [7, 11) is 0. The first kappa shape index (κ1) is 13.3. The number of rotatable bonds is 5. The van der Waals surface area contributed by atoms with Crippen molar-refractivity contribution in [1.29, 1.82) is 0 Å². The average Bonchev–Trinajstić information content (AvgIpc) is 2.41. The predicted octanol–water partition coefficient (Wildman–Crippen LogP) is 3.49. The van der Waals surface area contributed by atoms with Crippen LogP contribution in [0.25, 0.3) is 0 Å². The van der Waals surface area contributed by atoms with Crippen LogP contribution in [0.4, 0.5) is 21.8 Å². The van der Waals surface area contributed by atoms with Gasteiger partial charge in [-0.15, -0.1) is 0 Å². The Kier molecular flexibility index (Phi) is 4.28. The molecule has 19 heavy (non-hydrogen) atoms. The summed E-state index contributed by atoms with van der Waals surface area (Å²) >= 11 is 0. The van der Waals surface area contributed by atoms with E-state index in [1.165, 1.54) is 6.07 Å². The van der Waals surface area contributed by atoms with Crippen molar-refractivity contribution in [3.63, 3.8) is 0 Å². The van der Waals surface area contributed by atoms with Crippen molar-refractivity contribution in [3.05, 3.63) is 41.8 Å². The largest absolute Gasteiger partial charge is 0.354 e. The monoisotopic (exact) mass is 260 g/mol. The van der Waals surface area contributed by atoms with Gasteiger partial charge in [-0.3, -0.25) is 0 Å². The molecule has 0 saturated carbocycles. The minimum Gasteiger partial charge on any atom is -0.354 e. The summed E-state index contributed by atoms with van der Waals surface area (Å²) in [5.41, 5.74) is 1.28. The predicted molar refractivity (Wildman–Crippen MR) is 75.2 cm³/mol. The van der Waals surface area contributed by atoms with E-state index in [1.807, 2.05) is 13.0 Å². The van der Waals surface area contributed by atoms with Gasteiger partial charge in [-0.05, 0) is 31.0 Å². The summed E-state index contributed by atoms with van der Waals surface area (Å²) in [6.07, 6.45) is 2.64. The summed E-state index contributed by atoms with van der Waals surface area (Å²) in [5.74, 6) is 0.823. The molecule has 0 amide bonds. The molecule has 0 aliphatic carbocycles. The number of anilines is 3. The molecule has 0 spiro atoms. The van der Waals surface area contributed by atoms with Crippen molar-refractivity contribution in [2.75, 3.05) is 17.2 Å². The fourth-order valence-corrected chi connectivity index (χ4v) is 1.67. The Labute approximate surface area is 112 Å². The van der Waals surface area contributed by atoms with Crippen LogP contribution in [0, 0.1) is 12.7 Å². The van der Waals surface area contributed by atoms with Gasteiger partial charge in [-0.1, -0.05) is 19.1 Å². The molecule has 0 fully saturated rings. The fraction of sp³-hybridized carbons (Fsp3) is 0.286. The molecular weight excluding hydrogens is 243 g/mol. The van der Waals surface area contributed by atoms with E-state index in [2.05, 4.69) is 27.5 Å². The molecule has 0 atom stereocenters. The normalized spacial score (nSPS) is 10.3. The van der Waals surface area contributed by atoms with Gasteiger partial charge < -0.3 is 10.6 Å². The summed E-state index contributed by atoms with van der Waals surface area (Å²) in [4.78, 5) is 8.40. The first-order valence-electron chi connectivity index (χ1n) is 6.29. The molecular formula is C14H17FN4. The first-order chi connectivity index (χ1) is 9.20. The van der Waals surface area contributed by atoms with E-state index in [4.69, 9.17) is 0 Å². The van der Waals surface area contributed by atoms with Gasteiger partial charge in [0.2, 0.25) is 5.95 Å². The SMILES string of the molecule is CCCNc1nccc(Nc2c(C)cccc2F)n1. The standard InChI is InChI=1S/C14H17FN4/c1-3-8-16-14-17-9-7-12(19-14)18-13-10(2)5-4-6-11(13)15/h4-7,9H,3,8H2,1-2H3,(H2,16,17,18,19). The molecule has 5 heteroatoms. The number of nitrogens with one attached hydrogen (secondary N) is 2. The van der Waals surface area contributed by atoms with Crippen molar-refractivity contribution in [3.8, 4) is 0 Å². The molecule has 0 aliphatic heterocycles. The Bertz CT molecular complexity index is 537. The van der Waals surface area contributed by atoms with Gasteiger partial charge in [0.05, 0.1) is 5.69 Å². The fourth-order valence-electron chi connectivity index (χ4n) is 1.67. The van der Waals surface area contributed by atoms with Crippen LogP contribution in [0.5, 0.6) is 0 Å². The number of aromatic nitrogens is 2. The quantitative estimate of drug-likeness (QED) is 0.864. The molecule has 1 aromatic carbocycles. The van der Waals surface area contributed by atoms with E-state index in [9.17, 15) is 4.39 Å². The van der Waals surface area contributed by atoms with Crippen molar-refractivity contribution >= 4 is 17.5 Å². The van der Waals surface area contributed by atoms with Crippen LogP contribution < -0.4 is 10.6 Å². The lowest BCUT2D eigenvalue weighted by Crippen LogP contribution is -2.06. The zero-order valence-corrected chi connectivity index (χ0v) is 11.1. The van der Waals surface area contributed by atoms with Crippen LogP contribution in [0.15, 0.2) is 30.5 Å². The van der Waals surface area contributed by atoms with E-state index >= 15 is 0 Å². The van der Waals surface area contributed by atoms with E-state index in [0.29, 0.717) is 17.5 Å².